The van der Waals surface area contributed by atoms with Crippen LogP contribution < -0.4 is 10.2 Å². The molecule has 0 saturated carbocycles. The summed E-state index contributed by atoms with van der Waals surface area (Å²) in [5.74, 6) is -0.328. The topological polar surface area (TPSA) is 101 Å². The number of amidine groups is 1. The monoisotopic (exact) mass is 491 g/mol. The molecule has 1 aliphatic rings. The second kappa shape index (κ2) is 11.9. The molecule has 0 spiro atoms. The van der Waals surface area contributed by atoms with Gasteiger partial charge in [-0.15, -0.1) is 0 Å². The normalized spacial score (nSPS) is 16.5. The van der Waals surface area contributed by atoms with Gasteiger partial charge in [0.2, 0.25) is 0 Å². The molecule has 1 saturated heterocycles. The lowest BCUT2D eigenvalue weighted by atomic mass is 9.97. The summed E-state index contributed by atoms with van der Waals surface area (Å²) in [6.45, 7) is 6.13. The fraction of sp³-hybridized carbons (Fsp3) is 0.500. The predicted octanol–water partition coefficient (Wildman–Crippen LogP) is 4.95. The molecule has 8 nitrogen and oxygen atoms in total. The van der Waals surface area contributed by atoms with Crippen molar-refractivity contribution in [3.05, 3.63) is 42.0 Å². The molecular formula is C24H32F3N7O. The summed E-state index contributed by atoms with van der Waals surface area (Å²) in [6.07, 6.45) is 2.41. The number of halogens is 3. The van der Waals surface area contributed by atoms with Crippen LogP contribution >= 0.6 is 0 Å². The smallest absolute Gasteiger partial charge is 0.357 e. The molecule has 0 aromatic carbocycles. The highest BCUT2D eigenvalue weighted by atomic mass is 19.4. The van der Waals surface area contributed by atoms with Crippen LogP contribution in [0.15, 0.2) is 30.5 Å². The molecule has 190 valence electrons. The Balaban J connectivity index is 1.60. The number of amides is 1. The minimum absolute atomic E-state index is 0.0221. The summed E-state index contributed by atoms with van der Waals surface area (Å²) in [5.41, 5.74) is 0.206. The van der Waals surface area contributed by atoms with Crippen molar-refractivity contribution in [3.8, 4) is 0 Å². The van der Waals surface area contributed by atoms with E-state index in [1.54, 1.807) is 6.07 Å². The Morgan fingerprint density at radius 3 is 2.74 bits per heavy atom. The van der Waals surface area contributed by atoms with Gasteiger partial charge in [-0.2, -0.15) is 13.2 Å². The first kappa shape index (κ1) is 26.2. The van der Waals surface area contributed by atoms with Crippen molar-refractivity contribution in [2.45, 2.75) is 45.7 Å². The van der Waals surface area contributed by atoms with Crippen molar-refractivity contribution < 1.29 is 18.0 Å². The standard InChI is InChI=1S/C24H32F3N7O/c1-3-12-33(13-4-2)22-9-5-8-21(31-22)32-23(35)18-15-29-20(30-18)11-10-19(28)34-14-6-7-17(16-34)24(25,26)27/h5,8-11,15,17,28H,3-4,6-7,12-14,16H2,1-2H3,(H,29,30)(H,31,32,35)/b11-10-,28-19?. The molecule has 11 heteroatoms. The average molecular weight is 492 g/mol. The lowest BCUT2D eigenvalue weighted by molar-refractivity contribution is -0.183. The maximum atomic E-state index is 13.0. The quantitative estimate of drug-likeness (QED) is 0.340. The van der Waals surface area contributed by atoms with E-state index in [9.17, 15) is 18.0 Å². The second-order valence-corrected chi connectivity index (χ2v) is 8.55. The second-order valence-electron chi connectivity index (χ2n) is 8.55. The first-order valence-electron chi connectivity index (χ1n) is 11.9. The zero-order chi connectivity index (χ0) is 25.4. The third kappa shape index (κ3) is 7.30. The van der Waals surface area contributed by atoms with Gasteiger partial charge in [-0.05, 0) is 50.0 Å². The summed E-state index contributed by atoms with van der Waals surface area (Å²) in [7, 11) is 0. The number of alkyl halides is 3. The van der Waals surface area contributed by atoms with Crippen molar-refractivity contribution in [2.75, 3.05) is 36.4 Å². The van der Waals surface area contributed by atoms with Gasteiger partial charge < -0.3 is 20.1 Å². The van der Waals surface area contributed by atoms with E-state index in [1.165, 1.54) is 23.2 Å². The lowest BCUT2D eigenvalue weighted by Gasteiger charge is -2.34. The van der Waals surface area contributed by atoms with Crippen molar-refractivity contribution in [1.82, 2.24) is 19.9 Å². The van der Waals surface area contributed by atoms with Gasteiger partial charge in [0, 0.05) is 26.2 Å². The zero-order valence-corrected chi connectivity index (χ0v) is 20.0. The van der Waals surface area contributed by atoms with E-state index in [0.29, 0.717) is 24.6 Å². The molecule has 0 bridgehead atoms. The number of carbonyl (C=O) groups is 1. The summed E-state index contributed by atoms with van der Waals surface area (Å²) in [5, 5.41) is 10.9. The van der Waals surface area contributed by atoms with Crippen LogP contribution in [0.1, 0.15) is 55.8 Å². The Bertz CT molecular complexity index is 1030. The molecule has 3 heterocycles. The number of carbonyl (C=O) groups excluding carboxylic acids is 1. The van der Waals surface area contributed by atoms with E-state index >= 15 is 0 Å². The maximum absolute atomic E-state index is 13.0. The van der Waals surface area contributed by atoms with Gasteiger partial charge in [-0.3, -0.25) is 10.2 Å². The third-order valence-electron chi connectivity index (χ3n) is 5.75. The number of anilines is 2. The lowest BCUT2D eigenvalue weighted by Crippen LogP contribution is -2.43. The minimum atomic E-state index is -4.26. The Kier molecular flexibility index (Phi) is 8.89. The van der Waals surface area contributed by atoms with Crippen LogP contribution in [-0.4, -0.2) is 63.9 Å². The highest BCUT2D eigenvalue weighted by Crippen LogP contribution is 2.33. The van der Waals surface area contributed by atoms with Crippen molar-refractivity contribution in [1.29, 1.82) is 5.41 Å². The van der Waals surface area contributed by atoms with Gasteiger partial charge in [0.1, 0.15) is 29.0 Å². The van der Waals surface area contributed by atoms with Crippen molar-refractivity contribution in [3.63, 3.8) is 0 Å². The highest BCUT2D eigenvalue weighted by molar-refractivity contribution is 6.02. The molecule has 35 heavy (non-hydrogen) atoms. The highest BCUT2D eigenvalue weighted by Gasteiger charge is 2.42. The molecule has 3 N–H and O–H groups in total. The fourth-order valence-corrected chi connectivity index (χ4v) is 4.00. The summed E-state index contributed by atoms with van der Waals surface area (Å²) in [6, 6.07) is 5.46. The molecule has 0 radical (unpaired) electrons. The predicted molar refractivity (Wildman–Crippen MR) is 131 cm³/mol. The number of hydrogen-bond donors (Lipinski definition) is 3. The van der Waals surface area contributed by atoms with Gasteiger partial charge in [0.05, 0.1) is 12.1 Å². The number of imidazole rings is 1. The number of aromatic nitrogens is 3. The number of pyridine rings is 1. The molecular weight excluding hydrogens is 459 g/mol. The molecule has 2 aromatic rings. The van der Waals surface area contributed by atoms with E-state index in [2.05, 4.69) is 39.0 Å². The van der Waals surface area contributed by atoms with Crippen LogP contribution in [-0.2, 0) is 0 Å². The third-order valence-corrected chi connectivity index (χ3v) is 5.75. The maximum Gasteiger partial charge on any atom is 0.393 e. The van der Waals surface area contributed by atoms with Crippen LogP contribution in [0.25, 0.3) is 6.08 Å². The van der Waals surface area contributed by atoms with Crippen molar-refractivity contribution in [2.24, 2.45) is 5.92 Å². The number of likely N-dealkylation sites (tertiary alicyclic amines) is 1. The molecule has 0 aliphatic carbocycles. The summed E-state index contributed by atoms with van der Waals surface area (Å²) in [4.78, 5) is 27.8. The molecule has 1 fully saturated rings. The summed E-state index contributed by atoms with van der Waals surface area (Å²) < 4.78 is 39.1. The number of hydrogen-bond acceptors (Lipinski definition) is 5. The number of piperidine rings is 1. The Morgan fingerprint density at radius 2 is 2.06 bits per heavy atom. The van der Waals surface area contributed by atoms with E-state index in [-0.39, 0.29) is 24.5 Å². The molecule has 1 atom stereocenters. The number of rotatable bonds is 9. The van der Waals surface area contributed by atoms with E-state index in [4.69, 9.17) is 5.41 Å². The van der Waals surface area contributed by atoms with Crippen molar-refractivity contribution >= 4 is 29.5 Å². The Labute approximate surface area is 203 Å². The molecule has 1 aliphatic heterocycles. The van der Waals surface area contributed by atoms with E-state index < -0.39 is 18.0 Å². The largest absolute Gasteiger partial charge is 0.393 e. The Morgan fingerprint density at radius 1 is 1.31 bits per heavy atom. The fourth-order valence-electron chi connectivity index (χ4n) is 4.00. The first-order chi connectivity index (χ1) is 16.7. The minimum Gasteiger partial charge on any atom is -0.357 e. The number of nitrogens with one attached hydrogen (secondary N) is 3. The van der Waals surface area contributed by atoms with Gasteiger partial charge in [0.15, 0.2) is 0 Å². The van der Waals surface area contributed by atoms with Crippen LogP contribution in [0.5, 0.6) is 0 Å². The molecule has 2 aromatic heterocycles. The number of nitrogens with zero attached hydrogens (tertiary/aromatic N) is 4. The number of aromatic amines is 1. The average Bonchev–Trinajstić information content (AvgIpc) is 3.31. The zero-order valence-electron chi connectivity index (χ0n) is 20.0. The van der Waals surface area contributed by atoms with Gasteiger partial charge >= 0.3 is 6.18 Å². The SMILES string of the molecule is CCCN(CCC)c1cccc(NC(=O)c2cnc(/C=C\C(=N)N3CCCC(C(F)(F)F)C3)[nH]2)n1. The van der Waals surface area contributed by atoms with Crippen LogP contribution in [0.3, 0.4) is 0 Å². The summed E-state index contributed by atoms with van der Waals surface area (Å²) >= 11 is 0. The van der Waals surface area contributed by atoms with Gasteiger partial charge in [-0.25, -0.2) is 9.97 Å². The van der Waals surface area contributed by atoms with E-state index in [0.717, 1.165) is 31.7 Å². The Hall–Kier alpha value is -3.37. The molecule has 1 unspecified atom stereocenters. The van der Waals surface area contributed by atoms with Crippen LogP contribution in [0.2, 0.25) is 0 Å². The first-order valence-corrected chi connectivity index (χ1v) is 11.9. The van der Waals surface area contributed by atoms with E-state index in [1.807, 2.05) is 12.1 Å². The number of H-pyrrole nitrogens is 1. The van der Waals surface area contributed by atoms with Gasteiger partial charge in [0.25, 0.3) is 5.91 Å². The molecule has 3 rings (SSSR count). The van der Waals surface area contributed by atoms with Crippen LogP contribution in [0.4, 0.5) is 24.8 Å². The van der Waals surface area contributed by atoms with Gasteiger partial charge in [-0.1, -0.05) is 19.9 Å². The molecule has 1 amide bonds. The van der Waals surface area contributed by atoms with Crippen LogP contribution in [0, 0.1) is 11.3 Å².